The number of allylic oxidation sites excluding steroid dienone is 2. The Labute approximate surface area is 154 Å². The largest absolute Gasteiger partial charge is 0.274 e. The number of hydrogen-bond donors (Lipinski definition) is 0. The number of nitrogens with zero attached hydrogens (tertiary/aromatic N) is 2. The molecular formula is C22H38N2O. The highest BCUT2D eigenvalue weighted by Crippen LogP contribution is 2.10. The molecule has 0 aromatic carbocycles. The van der Waals surface area contributed by atoms with Crippen LogP contribution in [0.4, 0.5) is 0 Å². The van der Waals surface area contributed by atoms with Crippen molar-refractivity contribution in [2.24, 2.45) is 0 Å². The highest BCUT2D eigenvalue weighted by molar-refractivity contribution is 5.79. The first-order chi connectivity index (χ1) is 12.3. The van der Waals surface area contributed by atoms with Crippen LogP contribution in [0.25, 0.3) is 0 Å². The third kappa shape index (κ3) is 11.0. The van der Waals surface area contributed by atoms with E-state index in [0.717, 1.165) is 18.7 Å². The molecule has 1 aromatic rings. The molecule has 1 rings (SSSR count). The van der Waals surface area contributed by atoms with E-state index in [-0.39, 0.29) is 5.91 Å². The third-order valence-electron chi connectivity index (χ3n) is 4.75. The van der Waals surface area contributed by atoms with Crippen molar-refractivity contribution in [1.29, 1.82) is 0 Å². The van der Waals surface area contributed by atoms with Crippen LogP contribution in [-0.4, -0.2) is 15.5 Å². The molecule has 0 amide bonds. The molecule has 0 unspecified atom stereocenters. The summed E-state index contributed by atoms with van der Waals surface area (Å²) in [6.45, 7) is 4.14. The quantitative estimate of drug-likeness (QED) is 0.256. The van der Waals surface area contributed by atoms with E-state index in [2.05, 4.69) is 24.1 Å². The summed E-state index contributed by atoms with van der Waals surface area (Å²) in [6.07, 6.45) is 25.5. The first-order valence-electron chi connectivity index (χ1n) is 10.4. The molecule has 1 aromatic heterocycles. The van der Waals surface area contributed by atoms with Gasteiger partial charge in [-0.1, -0.05) is 70.4 Å². The van der Waals surface area contributed by atoms with Crippen LogP contribution >= 0.6 is 0 Å². The van der Waals surface area contributed by atoms with Crippen molar-refractivity contribution < 1.29 is 4.79 Å². The van der Waals surface area contributed by atoms with Gasteiger partial charge in [-0.2, -0.15) is 0 Å². The lowest BCUT2D eigenvalue weighted by molar-refractivity contribution is 0.0896. The van der Waals surface area contributed by atoms with Crippen molar-refractivity contribution in [2.45, 2.75) is 104 Å². The molecule has 3 nitrogen and oxygen atoms in total. The molecule has 1 heterocycles. The lowest BCUT2D eigenvalue weighted by atomic mass is 10.1. The number of aryl methyl sites for hydroxylation is 1. The first-order valence-corrected chi connectivity index (χ1v) is 10.4. The Hall–Kier alpha value is -1.38. The highest BCUT2D eigenvalue weighted by atomic mass is 16.2. The minimum Gasteiger partial charge on any atom is -0.274 e. The Morgan fingerprint density at radius 1 is 0.920 bits per heavy atom. The van der Waals surface area contributed by atoms with Gasteiger partial charge in [-0.25, -0.2) is 4.98 Å². The second-order valence-corrected chi connectivity index (χ2v) is 7.07. The number of rotatable bonds is 15. The molecule has 0 atom stereocenters. The minimum absolute atomic E-state index is 0.174. The van der Waals surface area contributed by atoms with Crippen LogP contribution in [0.2, 0.25) is 0 Å². The zero-order chi connectivity index (χ0) is 18.2. The van der Waals surface area contributed by atoms with Crippen molar-refractivity contribution in [2.75, 3.05) is 0 Å². The Morgan fingerprint density at radius 3 is 2.04 bits per heavy atom. The fourth-order valence-electron chi connectivity index (χ4n) is 3.11. The van der Waals surface area contributed by atoms with Gasteiger partial charge in [0.15, 0.2) is 0 Å². The SMILES string of the molecule is CCCCCCCCC=CCCCCCCCC(=O)n1ccnc1C. The van der Waals surface area contributed by atoms with Crippen LogP contribution in [0.1, 0.15) is 107 Å². The average molecular weight is 347 g/mol. The third-order valence-corrected chi connectivity index (χ3v) is 4.75. The van der Waals surface area contributed by atoms with Crippen molar-refractivity contribution in [3.8, 4) is 0 Å². The monoisotopic (exact) mass is 346 g/mol. The minimum atomic E-state index is 0.174. The first kappa shape index (κ1) is 21.7. The molecule has 0 aliphatic rings. The summed E-state index contributed by atoms with van der Waals surface area (Å²) in [4.78, 5) is 16.1. The van der Waals surface area contributed by atoms with E-state index in [1.165, 1.54) is 70.6 Å². The zero-order valence-corrected chi connectivity index (χ0v) is 16.5. The van der Waals surface area contributed by atoms with Gasteiger partial charge in [-0.05, 0) is 39.0 Å². The maximum Gasteiger partial charge on any atom is 0.232 e. The summed E-state index contributed by atoms with van der Waals surface area (Å²) in [6, 6.07) is 0. The van der Waals surface area contributed by atoms with Gasteiger partial charge in [-0.3, -0.25) is 9.36 Å². The molecule has 3 heteroatoms. The lowest BCUT2D eigenvalue weighted by Crippen LogP contribution is -2.10. The van der Waals surface area contributed by atoms with E-state index in [9.17, 15) is 4.79 Å². The summed E-state index contributed by atoms with van der Waals surface area (Å²) < 4.78 is 1.66. The molecule has 0 saturated carbocycles. The summed E-state index contributed by atoms with van der Waals surface area (Å²) in [5.41, 5.74) is 0. The maximum atomic E-state index is 12.0. The number of carbonyl (C=O) groups is 1. The number of unbranched alkanes of at least 4 members (excludes halogenated alkanes) is 11. The lowest BCUT2D eigenvalue weighted by Gasteiger charge is -2.03. The topological polar surface area (TPSA) is 34.9 Å². The van der Waals surface area contributed by atoms with E-state index < -0.39 is 0 Å². The molecule has 0 aliphatic heterocycles. The van der Waals surface area contributed by atoms with Crippen LogP contribution in [0.5, 0.6) is 0 Å². The molecule has 0 aliphatic carbocycles. The molecule has 0 fully saturated rings. The Morgan fingerprint density at radius 2 is 1.48 bits per heavy atom. The Balaban J connectivity index is 1.85. The molecular weight excluding hydrogens is 308 g/mol. The van der Waals surface area contributed by atoms with Gasteiger partial charge in [0.05, 0.1) is 0 Å². The Bertz CT molecular complexity index is 476. The normalized spacial score (nSPS) is 11.4. The summed E-state index contributed by atoms with van der Waals surface area (Å²) in [5.74, 6) is 0.963. The molecule has 0 radical (unpaired) electrons. The van der Waals surface area contributed by atoms with Crippen molar-refractivity contribution in [1.82, 2.24) is 9.55 Å². The van der Waals surface area contributed by atoms with E-state index in [1.807, 2.05) is 6.92 Å². The zero-order valence-electron chi connectivity index (χ0n) is 16.5. The average Bonchev–Trinajstić information content (AvgIpc) is 3.04. The fourth-order valence-corrected chi connectivity index (χ4v) is 3.11. The predicted octanol–water partition coefficient (Wildman–Crippen LogP) is 6.87. The van der Waals surface area contributed by atoms with Gasteiger partial charge in [0.1, 0.15) is 5.82 Å². The fraction of sp³-hybridized carbons (Fsp3) is 0.727. The van der Waals surface area contributed by atoms with E-state index in [1.54, 1.807) is 17.0 Å². The molecule has 0 spiro atoms. The predicted molar refractivity (Wildman–Crippen MR) is 107 cm³/mol. The Kier molecular flexibility index (Phi) is 12.9. The van der Waals surface area contributed by atoms with Gasteiger partial charge < -0.3 is 0 Å². The number of hydrogen-bond acceptors (Lipinski definition) is 2. The second kappa shape index (κ2) is 14.9. The van der Waals surface area contributed by atoms with E-state index in [4.69, 9.17) is 0 Å². The van der Waals surface area contributed by atoms with Crippen LogP contribution in [-0.2, 0) is 0 Å². The van der Waals surface area contributed by atoms with Crippen LogP contribution < -0.4 is 0 Å². The van der Waals surface area contributed by atoms with Gasteiger partial charge in [0, 0.05) is 18.8 Å². The molecule has 25 heavy (non-hydrogen) atoms. The smallest absolute Gasteiger partial charge is 0.232 e. The van der Waals surface area contributed by atoms with Crippen molar-refractivity contribution in [3.05, 3.63) is 30.4 Å². The van der Waals surface area contributed by atoms with Gasteiger partial charge in [-0.15, -0.1) is 0 Å². The maximum absolute atomic E-state index is 12.0. The highest BCUT2D eigenvalue weighted by Gasteiger charge is 2.06. The van der Waals surface area contributed by atoms with Crippen molar-refractivity contribution in [3.63, 3.8) is 0 Å². The van der Waals surface area contributed by atoms with Crippen molar-refractivity contribution >= 4 is 5.91 Å². The molecule has 142 valence electrons. The standard InChI is InChI=1S/C22H38N2O/c1-3-4-5-6-7-8-9-10-11-12-13-14-15-16-17-18-22(25)24-20-19-23-21(24)2/h10-11,19-20H,3-9,12-18H2,1-2H3. The number of carbonyl (C=O) groups excluding carboxylic acids is 1. The van der Waals surface area contributed by atoms with Gasteiger partial charge >= 0.3 is 0 Å². The van der Waals surface area contributed by atoms with Crippen LogP contribution in [0, 0.1) is 6.92 Å². The summed E-state index contributed by atoms with van der Waals surface area (Å²) >= 11 is 0. The van der Waals surface area contributed by atoms with Crippen LogP contribution in [0.3, 0.4) is 0 Å². The molecule has 0 N–H and O–H groups in total. The van der Waals surface area contributed by atoms with E-state index >= 15 is 0 Å². The number of aromatic nitrogens is 2. The number of imidazole rings is 1. The van der Waals surface area contributed by atoms with E-state index in [0.29, 0.717) is 6.42 Å². The second-order valence-electron chi connectivity index (χ2n) is 7.07. The van der Waals surface area contributed by atoms with Gasteiger partial charge in [0.25, 0.3) is 0 Å². The van der Waals surface area contributed by atoms with Gasteiger partial charge in [0.2, 0.25) is 5.91 Å². The summed E-state index contributed by atoms with van der Waals surface area (Å²) in [5, 5.41) is 0. The van der Waals surface area contributed by atoms with Crippen LogP contribution in [0.15, 0.2) is 24.5 Å². The molecule has 0 saturated heterocycles. The summed E-state index contributed by atoms with van der Waals surface area (Å²) in [7, 11) is 0. The molecule has 0 bridgehead atoms.